The minimum absolute atomic E-state index is 0.131. The van der Waals surface area contributed by atoms with Gasteiger partial charge in [-0.1, -0.05) is 23.2 Å². The Balaban J connectivity index is 2.74. The molecule has 0 saturated carbocycles. The number of fused-ring (bicyclic) bond motifs is 1. The molecular weight excluding hydrogens is 321 g/mol. The molecule has 2 rings (SSSR count). The van der Waals surface area contributed by atoms with Crippen LogP contribution in [0.1, 0.15) is 31.1 Å². The largest absolute Gasteiger partial charge is 0.357 e. The van der Waals surface area contributed by atoms with Gasteiger partial charge in [-0.15, -0.1) is 11.6 Å². The zero-order valence-electron chi connectivity index (χ0n) is 11.2. The first kappa shape index (κ1) is 15.4. The van der Waals surface area contributed by atoms with Crippen molar-refractivity contribution in [3.63, 3.8) is 0 Å². The van der Waals surface area contributed by atoms with Crippen LogP contribution in [0.3, 0.4) is 0 Å². The number of carbonyl (C=O) groups is 1. The van der Waals surface area contributed by atoms with Gasteiger partial charge in [0, 0.05) is 7.05 Å². The summed E-state index contributed by atoms with van der Waals surface area (Å²) in [4.78, 5) is 16.4. The molecule has 0 spiro atoms. The molecule has 1 amide bonds. The van der Waals surface area contributed by atoms with Crippen LogP contribution in [0.25, 0.3) is 11.0 Å². The Kier molecular flexibility index (Phi) is 4.47. The predicted molar refractivity (Wildman–Crippen MR) is 82.8 cm³/mol. The number of aromatic nitrogens is 2. The lowest BCUT2D eigenvalue weighted by Gasteiger charge is -2.17. The fourth-order valence-electron chi connectivity index (χ4n) is 2.12. The van der Waals surface area contributed by atoms with E-state index in [1.807, 2.05) is 0 Å². The number of hydrogen-bond acceptors (Lipinski definition) is 2. The Bertz CT molecular complexity index is 666. The molecule has 2 unspecified atom stereocenters. The maximum atomic E-state index is 11.9. The van der Waals surface area contributed by atoms with Crippen molar-refractivity contribution in [2.75, 3.05) is 7.05 Å². The Morgan fingerprint density at radius 3 is 2.45 bits per heavy atom. The van der Waals surface area contributed by atoms with Gasteiger partial charge in [0.2, 0.25) is 5.91 Å². The maximum absolute atomic E-state index is 11.9. The number of imidazole rings is 1. The van der Waals surface area contributed by atoms with Gasteiger partial charge in [0.1, 0.15) is 11.9 Å². The molecule has 4 nitrogen and oxygen atoms in total. The summed E-state index contributed by atoms with van der Waals surface area (Å²) in [6.07, 6.45) is 0. The van der Waals surface area contributed by atoms with Crippen LogP contribution in [0, 0.1) is 0 Å². The van der Waals surface area contributed by atoms with E-state index in [0.29, 0.717) is 21.4 Å². The summed E-state index contributed by atoms with van der Waals surface area (Å²) in [5.74, 6) is 0.477. The van der Waals surface area contributed by atoms with Gasteiger partial charge in [-0.2, -0.15) is 0 Å². The van der Waals surface area contributed by atoms with Gasteiger partial charge in [0.05, 0.1) is 26.5 Å². The molecule has 1 heterocycles. The number of amides is 1. The number of benzene rings is 1. The van der Waals surface area contributed by atoms with E-state index in [1.54, 1.807) is 37.6 Å². The first-order valence-corrected chi connectivity index (χ1v) is 7.28. The summed E-state index contributed by atoms with van der Waals surface area (Å²) in [5, 5.41) is 3.12. The number of likely N-dealkylation sites (N-methyl/N-ethyl adjacent to an activating group) is 1. The first-order valence-electron chi connectivity index (χ1n) is 6.09. The minimum Gasteiger partial charge on any atom is -0.357 e. The van der Waals surface area contributed by atoms with E-state index in [9.17, 15) is 4.79 Å². The highest BCUT2D eigenvalue weighted by atomic mass is 35.5. The van der Waals surface area contributed by atoms with E-state index >= 15 is 0 Å². The molecule has 7 heteroatoms. The van der Waals surface area contributed by atoms with Gasteiger partial charge >= 0.3 is 0 Å². The fraction of sp³-hybridized carbons (Fsp3) is 0.385. The normalized spacial score (nSPS) is 14.3. The monoisotopic (exact) mass is 333 g/mol. The molecule has 0 fully saturated rings. The number of hydrogen-bond donors (Lipinski definition) is 1. The Hall–Kier alpha value is -0.970. The average Bonchev–Trinajstić information content (AvgIpc) is 2.76. The van der Waals surface area contributed by atoms with Crippen molar-refractivity contribution in [2.45, 2.75) is 25.3 Å². The highest BCUT2D eigenvalue weighted by molar-refractivity contribution is 6.42. The molecule has 1 aromatic carbocycles. The van der Waals surface area contributed by atoms with Crippen molar-refractivity contribution in [2.24, 2.45) is 0 Å². The van der Waals surface area contributed by atoms with Crippen LogP contribution in [0.4, 0.5) is 0 Å². The van der Waals surface area contributed by atoms with Crippen molar-refractivity contribution < 1.29 is 4.79 Å². The van der Waals surface area contributed by atoms with E-state index in [2.05, 4.69) is 10.3 Å². The zero-order valence-corrected chi connectivity index (χ0v) is 13.5. The summed E-state index contributed by atoms with van der Waals surface area (Å²) in [6.45, 7) is 3.59. The third-order valence-electron chi connectivity index (χ3n) is 3.13. The van der Waals surface area contributed by atoms with Gasteiger partial charge in [-0.3, -0.25) is 4.79 Å². The fourth-order valence-corrected chi connectivity index (χ4v) is 2.59. The van der Waals surface area contributed by atoms with Crippen molar-refractivity contribution in [3.05, 3.63) is 28.0 Å². The SMILES string of the molecule is CNC(=O)C(C)n1c(C(C)Cl)nc2cc(Cl)c(Cl)cc21. The predicted octanol–water partition coefficient (Wildman–Crippen LogP) is 3.95. The summed E-state index contributed by atoms with van der Waals surface area (Å²) in [7, 11) is 1.59. The third kappa shape index (κ3) is 2.60. The maximum Gasteiger partial charge on any atom is 0.242 e. The minimum atomic E-state index is -0.446. The van der Waals surface area contributed by atoms with E-state index in [0.717, 1.165) is 5.52 Å². The number of rotatable bonds is 3. The number of nitrogens with one attached hydrogen (secondary N) is 1. The molecule has 1 aromatic heterocycles. The Morgan fingerprint density at radius 1 is 1.30 bits per heavy atom. The van der Waals surface area contributed by atoms with Crippen molar-refractivity contribution in [1.82, 2.24) is 14.9 Å². The van der Waals surface area contributed by atoms with E-state index in [1.165, 1.54) is 0 Å². The van der Waals surface area contributed by atoms with Crippen molar-refractivity contribution in [1.29, 1.82) is 0 Å². The van der Waals surface area contributed by atoms with E-state index < -0.39 is 6.04 Å². The molecular formula is C13H14Cl3N3O. The smallest absolute Gasteiger partial charge is 0.242 e. The highest BCUT2D eigenvalue weighted by Gasteiger charge is 2.23. The second-order valence-electron chi connectivity index (χ2n) is 4.50. The summed E-state index contributed by atoms with van der Waals surface area (Å²) in [5.41, 5.74) is 1.40. The van der Waals surface area contributed by atoms with Gasteiger partial charge in [0.15, 0.2) is 0 Å². The van der Waals surface area contributed by atoms with Crippen LogP contribution in [-0.4, -0.2) is 22.5 Å². The summed E-state index contributed by atoms with van der Waals surface area (Å²) in [6, 6.07) is 2.93. The van der Waals surface area contributed by atoms with Crippen LogP contribution >= 0.6 is 34.8 Å². The van der Waals surface area contributed by atoms with Crippen LogP contribution in [0.2, 0.25) is 10.0 Å². The lowest BCUT2D eigenvalue weighted by molar-refractivity contribution is -0.123. The van der Waals surface area contributed by atoms with Crippen LogP contribution in [-0.2, 0) is 4.79 Å². The van der Waals surface area contributed by atoms with Crippen LogP contribution in [0.5, 0.6) is 0 Å². The Labute approximate surface area is 132 Å². The van der Waals surface area contributed by atoms with E-state index in [4.69, 9.17) is 34.8 Å². The lowest BCUT2D eigenvalue weighted by Crippen LogP contribution is -2.28. The first-order chi connectivity index (χ1) is 9.36. The molecule has 0 aliphatic rings. The average molecular weight is 335 g/mol. The standard InChI is InChI=1S/C13H14Cl3N3O/c1-6(14)12-18-10-4-8(15)9(16)5-11(10)19(12)7(2)13(20)17-3/h4-7H,1-3H3,(H,17,20). The van der Waals surface area contributed by atoms with Crippen LogP contribution in [0.15, 0.2) is 12.1 Å². The molecule has 2 atom stereocenters. The number of alkyl halides is 1. The molecule has 20 heavy (non-hydrogen) atoms. The molecule has 0 aliphatic heterocycles. The molecule has 0 aliphatic carbocycles. The molecule has 1 N–H and O–H groups in total. The van der Waals surface area contributed by atoms with Crippen molar-refractivity contribution in [3.8, 4) is 0 Å². The molecule has 0 saturated heterocycles. The van der Waals surface area contributed by atoms with Gasteiger partial charge < -0.3 is 9.88 Å². The number of halogens is 3. The number of nitrogens with zero attached hydrogens (tertiary/aromatic N) is 2. The van der Waals surface area contributed by atoms with Gasteiger partial charge in [-0.05, 0) is 26.0 Å². The second kappa shape index (κ2) is 5.80. The molecule has 0 radical (unpaired) electrons. The zero-order chi connectivity index (χ0) is 15.0. The topological polar surface area (TPSA) is 46.9 Å². The third-order valence-corrected chi connectivity index (χ3v) is 4.05. The van der Waals surface area contributed by atoms with Crippen molar-refractivity contribution >= 4 is 51.7 Å². The van der Waals surface area contributed by atoms with Crippen LogP contribution < -0.4 is 5.32 Å². The quantitative estimate of drug-likeness (QED) is 0.864. The molecule has 0 bridgehead atoms. The molecule has 2 aromatic rings. The van der Waals surface area contributed by atoms with E-state index in [-0.39, 0.29) is 11.3 Å². The van der Waals surface area contributed by atoms with Gasteiger partial charge in [-0.25, -0.2) is 4.98 Å². The summed E-state index contributed by atoms with van der Waals surface area (Å²) < 4.78 is 1.79. The van der Waals surface area contributed by atoms with Gasteiger partial charge in [0.25, 0.3) is 0 Å². The second-order valence-corrected chi connectivity index (χ2v) is 5.97. The molecule has 108 valence electrons. The summed E-state index contributed by atoms with van der Waals surface area (Å²) >= 11 is 18.2. The highest BCUT2D eigenvalue weighted by Crippen LogP contribution is 2.33. The Morgan fingerprint density at radius 2 is 1.90 bits per heavy atom. The number of carbonyl (C=O) groups excluding carboxylic acids is 1. The lowest BCUT2D eigenvalue weighted by atomic mass is 10.2.